The van der Waals surface area contributed by atoms with Crippen LogP contribution >= 0.6 is 11.6 Å². The van der Waals surface area contributed by atoms with Crippen LogP contribution in [-0.2, 0) is 19.5 Å². The van der Waals surface area contributed by atoms with Gasteiger partial charge in [0.05, 0.1) is 5.52 Å². The van der Waals surface area contributed by atoms with Crippen LogP contribution in [-0.4, -0.2) is 22.0 Å². The molecule has 0 atom stereocenters. The van der Waals surface area contributed by atoms with Crippen molar-refractivity contribution in [3.63, 3.8) is 0 Å². The number of nitrogens with two attached hydrogens (primary N) is 1. The van der Waals surface area contributed by atoms with Gasteiger partial charge >= 0.3 is 0 Å². The minimum absolute atomic E-state index is 0.300. The lowest BCUT2D eigenvalue weighted by Gasteiger charge is -2.31. The molecule has 5 rings (SSSR count). The van der Waals surface area contributed by atoms with Gasteiger partial charge in [0, 0.05) is 35.7 Å². The maximum atomic E-state index is 12.1. The molecule has 0 unspecified atom stereocenters. The van der Waals surface area contributed by atoms with Crippen LogP contribution in [0.4, 0.5) is 5.82 Å². The zero-order valence-electron chi connectivity index (χ0n) is 18.2. The molecule has 0 aliphatic carbocycles. The van der Waals surface area contributed by atoms with Gasteiger partial charge in [-0.05, 0) is 60.7 Å². The Kier molecular flexibility index (Phi) is 5.14. The van der Waals surface area contributed by atoms with Gasteiger partial charge in [0.2, 0.25) is 0 Å². The van der Waals surface area contributed by atoms with Gasteiger partial charge in [-0.3, -0.25) is 4.79 Å². The van der Waals surface area contributed by atoms with Gasteiger partial charge in [0.1, 0.15) is 5.69 Å². The predicted octanol–water partition coefficient (Wildman–Crippen LogP) is 5.02. The third-order valence-electron chi connectivity index (χ3n) is 6.51. The second-order valence-electron chi connectivity index (χ2n) is 8.46. The van der Waals surface area contributed by atoms with E-state index in [9.17, 15) is 4.79 Å². The quantitative estimate of drug-likeness (QED) is 0.480. The molecule has 32 heavy (non-hydrogen) atoms. The van der Waals surface area contributed by atoms with Crippen LogP contribution < -0.4 is 10.6 Å². The Morgan fingerprint density at radius 1 is 1.09 bits per heavy atom. The van der Waals surface area contributed by atoms with Gasteiger partial charge in [-0.1, -0.05) is 48.0 Å². The summed E-state index contributed by atoms with van der Waals surface area (Å²) in [6.45, 7) is 6.46. The summed E-state index contributed by atoms with van der Waals surface area (Å²) < 4.78 is 2.28. The molecular formula is C26H25ClN4O. The number of amides is 1. The van der Waals surface area contributed by atoms with Gasteiger partial charge in [0.25, 0.3) is 5.91 Å². The molecular weight excluding hydrogens is 420 g/mol. The summed E-state index contributed by atoms with van der Waals surface area (Å²) >= 11 is 6.25. The molecule has 0 saturated carbocycles. The standard InChI is InChI=1S/C26H25ClN4O/c1-16-17(2)31(14-18-6-5-9-21(27)12-18)24-22(16)13-23(25(28)32)29-26(24)30-11-10-19-7-3-4-8-20(19)15-30/h3-9,12-13H,10-11,14-15H2,1-2H3,(H2,28,32). The summed E-state index contributed by atoms with van der Waals surface area (Å²) in [6.07, 6.45) is 0.938. The average Bonchev–Trinajstić information content (AvgIpc) is 3.03. The Hall–Kier alpha value is -3.31. The van der Waals surface area contributed by atoms with Crippen molar-refractivity contribution in [1.29, 1.82) is 0 Å². The lowest BCUT2D eigenvalue weighted by Crippen LogP contribution is -2.32. The van der Waals surface area contributed by atoms with Crippen molar-refractivity contribution < 1.29 is 4.79 Å². The number of aryl methyl sites for hydroxylation is 1. The minimum Gasteiger partial charge on any atom is -0.364 e. The number of anilines is 1. The SMILES string of the molecule is Cc1c(C)n(Cc2cccc(Cl)c2)c2c(N3CCc4ccccc4C3)nc(C(N)=O)cc12. The van der Waals surface area contributed by atoms with Crippen LogP contribution in [0, 0.1) is 13.8 Å². The Balaban J connectivity index is 1.70. The van der Waals surface area contributed by atoms with E-state index in [0.29, 0.717) is 12.2 Å². The first-order chi connectivity index (χ1) is 15.4. The predicted molar refractivity (Wildman–Crippen MR) is 129 cm³/mol. The molecule has 0 bridgehead atoms. The molecule has 162 valence electrons. The van der Waals surface area contributed by atoms with Crippen molar-refractivity contribution in [3.8, 4) is 0 Å². The number of primary amides is 1. The number of benzene rings is 2. The second-order valence-corrected chi connectivity index (χ2v) is 8.89. The zero-order chi connectivity index (χ0) is 22.4. The number of halogens is 1. The summed E-state index contributed by atoms with van der Waals surface area (Å²) in [5.41, 5.74) is 13.1. The lowest BCUT2D eigenvalue weighted by atomic mass is 10.00. The summed E-state index contributed by atoms with van der Waals surface area (Å²) in [4.78, 5) is 19.2. The molecule has 0 saturated heterocycles. The van der Waals surface area contributed by atoms with Gasteiger partial charge in [-0.25, -0.2) is 4.98 Å². The highest BCUT2D eigenvalue weighted by molar-refractivity contribution is 6.30. The van der Waals surface area contributed by atoms with Crippen molar-refractivity contribution in [2.75, 3.05) is 11.4 Å². The fourth-order valence-electron chi connectivity index (χ4n) is 4.68. The van der Waals surface area contributed by atoms with E-state index in [4.69, 9.17) is 22.3 Å². The Morgan fingerprint density at radius 3 is 2.62 bits per heavy atom. The fourth-order valence-corrected chi connectivity index (χ4v) is 4.89. The van der Waals surface area contributed by atoms with Crippen LogP contribution in [0.2, 0.25) is 5.02 Å². The first kappa shape index (κ1) is 20.6. The average molecular weight is 445 g/mol. The van der Waals surface area contributed by atoms with E-state index in [1.165, 1.54) is 11.1 Å². The molecule has 1 amide bonds. The number of rotatable bonds is 4. The minimum atomic E-state index is -0.509. The first-order valence-electron chi connectivity index (χ1n) is 10.8. The summed E-state index contributed by atoms with van der Waals surface area (Å²) in [5.74, 6) is 0.300. The summed E-state index contributed by atoms with van der Waals surface area (Å²) in [6, 6.07) is 18.3. The molecule has 1 aliphatic heterocycles. The number of hydrogen-bond donors (Lipinski definition) is 1. The molecule has 6 heteroatoms. The molecule has 0 radical (unpaired) electrons. The summed E-state index contributed by atoms with van der Waals surface area (Å²) in [7, 11) is 0. The van der Waals surface area contributed by atoms with E-state index >= 15 is 0 Å². The summed E-state index contributed by atoms with van der Waals surface area (Å²) in [5, 5.41) is 1.73. The zero-order valence-corrected chi connectivity index (χ0v) is 19.0. The Bertz CT molecular complexity index is 1360. The molecule has 2 aromatic carbocycles. The number of carbonyl (C=O) groups excluding carboxylic acids is 1. The third-order valence-corrected chi connectivity index (χ3v) is 6.74. The molecule has 2 N–H and O–H groups in total. The molecule has 3 heterocycles. The third kappa shape index (κ3) is 3.53. The van der Waals surface area contributed by atoms with E-state index < -0.39 is 5.91 Å². The number of hydrogen-bond acceptors (Lipinski definition) is 3. The highest BCUT2D eigenvalue weighted by Crippen LogP contribution is 2.35. The molecule has 4 aromatic rings. The highest BCUT2D eigenvalue weighted by Gasteiger charge is 2.25. The maximum absolute atomic E-state index is 12.1. The number of carbonyl (C=O) groups is 1. The first-order valence-corrected chi connectivity index (χ1v) is 11.2. The van der Waals surface area contributed by atoms with Crippen molar-refractivity contribution in [2.24, 2.45) is 5.73 Å². The van der Waals surface area contributed by atoms with E-state index in [0.717, 1.165) is 58.1 Å². The monoisotopic (exact) mass is 444 g/mol. The van der Waals surface area contributed by atoms with Crippen molar-refractivity contribution in [2.45, 2.75) is 33.4 Å². The lowest BCUT2D eigenvalue weighted by molar-refractivity contribution is 0.0996. The van der Waals surface area contributed by atoms with E-state index in [1.807, 2.05) is 24.3 Å². The van der Waals surface area contributed by atoms with Crippen molar-refractivity contribution in [3.05, 3.63) is 93.3 Å². The van der Waals surface area contributed by atoms with Gasteiger partial charge < -0.3 is 15.2 Å². The van der Waals surface area contributed by atoms with E-state index in [1.54, 1.807) is 0 Å². The normalized spacial score (nSPS) is 13.4. The van der Waals surface area contributed by atoms with E-state index in [2.05, 4.69) is 53.6 Å². The molecule has 1 aliphatic rings. The van der Waals surface area contributed by atoms with Crippen LogP contribution in [0.1, 0.15) is 38.4 Å². The number of pyridine rings is 1. The maximum Gasteiger partial charge on any atom is 0.267 e. The largest absolute Gasteiger partial charge is 0.364 e. The Morgan fingerprint density at radius 2 is 1.88 bits per heavy atom. The topological polar surface area (TPSA) is 64.2 Å². The number of fused-ring (bicyclic) bond motifs is 2. The second kappa shape index (κ2) is 7.99. The molecule has 5 nitrogen and oxygen atoms in total. The van der Waals surface area contributed by atoms with Crippen molar-refractivity contribution >= 4 is 34.2 Å². The van der Waals surface area contributed by atoms with Crippen LogP contribution in [0.5, 0.6) is 0 Å². The smallest absolute Gasteiger partial charge is 0.267 e. The molecule has 0 fully saturated rings. The van der Waals surface area contributed by atoms with Crippen molar-refractivity contribution in [1.82, 2.24) is 9.55 Å². The van der Waals surface area contributed by atoms with Crippen LogP contribution in [0.15, 0.2) is 54.6 Å². The van der Waals surface area contributed by atoms with Crippen LogP contribution in [0.25, 0.3) is 10.9 Å². The van der Waals surface area contributed by atoms with Crippen LogP contribution in [0.3, 0.4) is 0 Å². The highest BCUT2D eigenvalue weighted by atomic mass is 35.5. The number of nitrogens with zero attached hydrogens (tertiary/aromatic N) is 3. The van der Waals surface area contributed by atoms with E-state index in [-0.39, 0.29) is 0 Å². The van der Waals surface area contributed by atoms with Gasteiger partial charge in [0.15, 0.2) is 5.82 Å². The Labute approximate surface area is 192 Å². The van der Waals surface area contributed by atoms with Gasteiger partial charge in [-0.2, -0.15) is 0 Å². The number of aromatic nitrogens is 2. The fraction of sp³-hybridized carbons (Fsp3) is 0.231. The molecule has 0 spiro atoms. The van der Waals surface area contributed by atoms with Gasteiger partial charge in [-0.15, -0.1) is 0 Å². The molecule has 2 aromatic heterocycles.